The van der Waals surface area contributed by atoms with Crippen molar-refractivity contribution < 1.29 is 19.1 Å². The molecule has 1 aliphatic rings. The Labute approximate surface area is 139 Å². The number of carbonyl (C=O) groups is 2. The fourth-order valence-corrected chi connectivity index (χ4v) is 2.86. The van der Waals surface area contributed by atoms with E-state index in [1.165, 1.54) is 44.6 Å². The van der Waals surface area contributed by atoms with E-state index < -0.39 is 0 Å². The van der Waals surface area contributed by atoms with Gasteiger partial charge in [0.1, 0.15) is 0 Å². The summed E-state index contributed by atoms with van der Waals surface area (Å²) in [4.78, 5) is 21.7. The highest BCUT2D eigenvalue weighted by Crippen LogP contribution is 2.34. The molecule has 128 valence electrons. The first-order valence-electron chi connectivity index (χ1n) is 8.49. The van der Waals surface area contributed by atoms with Crippen molar-refractivity contribution in [3.05, 3.63) is 35.4 Å². The van der Waals surface area contributed by atoms with Crippen molar-refractivity contribution in [2.24, 2.45) is 0 Å². The van der Waals surface area contributed by atoms with Crippen LogP contribution in [-0.4, -0.2) is 25.2 Å². The summed E-state index contributed by atoms with van der Waals surface area (Å²) in [6.07, 6.45) is 6.30. The van der Waals surface area contributed by atoms with Crippen LogP contribution >= 0.6 is 0 Å². The quantitative estimate of drug-likeness (QED) is 0.768. The van der Waals surface area contributed by atoms with Gasteiger partial charge in [0.25, 0.3) is 0 Å². The predicted molar refractivity (Wildman–Crippen MR) is 90.5 cm³/mol. The third-order valence-corrected chi connectivity index (χ3v) is 3.85. The van der Waals surface area contributed by atoms with E-state index in [4.69, 9.17) is 4.74 Å². The van der Waals surface area contributed by atoms with Crippen LogP contribution in [0.1, 0.15) is 74.7 Å². The average molecular weight is 320 g/mol. The summed E-state index contributed by atoms with van der Waals surface area (Å²) in [7, 11) is 0. The molecular weight excluding hydrogens is 292 g/mol. The largest absolute Gasteiger partial charge is 0.466 e. The van der Waals surface area contributed by atoms with Crippen LogP contribution in [0.5, 0.6) is 0 Å². The van der Waals surface area contributed by atoms with Crippen molar-refractivity contribution in [2.45, 2.75) is 58.8 Å². The molecule has 1 fully saturated rings. The molecule has 1 saturated carbocycles. The SMILES string of the molecule is CCOC(=O)c1ccccc1C1CCCCC1.CCOC(C)=O. The molecule has 0 saturated heterocycles. The minimum Gasteiger partial charge on any atom is -0.466 e. The van der Waals surface area contributed by atoms with Crippen LogP contribution in [0.25, 0.3) is 0 Å². The first kappa shape index (κ1) is 19.2. The molecule has 0 atom stereocenters. The average Bonchev–Trinajstić information content (AvgIpc) is 2.56. The molecule has 1 aromatic rings. The fourth-order valence-electron chi connectivity index (χ4n) is 2.86. The first-order valence-corrected chi connectivity index (χ1v) is 8.49. The minimum absolute atomic E-state index is 0.173. The van der Waals surface area contributed by atoms with Crippen LogP contribution in [0.4, 0.5) is 0 Å². The highest BCUT2D eigenvalue weighted by molar-refractivity contribution is 5.91. The van der Waals surface area contributed by atoms with Gasteiger partial charge in [-0.25, -0.2) is 4.79 Å². The summed E-state index contributed by atoms with van der Waals surface area (Å²) in [5.74, 6) is 0.163. The standard InChI is InChI=1S/C15H20O2.C4H8O2/c1-2-17-15(16)14-11-7-6-10-13(14)12-8-4-3-5-9-12;1-3-6-4(2)5/h6-7,10-12H,2-5,8-9H2,1H3;3H2,1-2H3. The molecule has 0 radical (unpaired) electrons. The van der Waals surface area contributed by atoms with Gasteiger partial charge >= 0.3 is 11.9 Å². The van der Waals surface area contributed by atoms with Crippen LogP contribution in [0.3, 0.4) is 0 Å². The van der Waals surface area contributed by atoms with Gasteiger partial charge in [-0.3, -0.25) is 4.79 Å². The lowest BCUT2D eigenvalue weighted by molar-refractivity contribution is -0.140. The van der Waals surface area contributed by atoms with E-state index in [2.05, 4.69) is 10.8 Å². The predicted octanol–water partition coefficient (Wildman–Crippen LogP) is 4.48. The van der Waals surface area contributed by atoms with Crippen molar-refractivity contribution in [1.82, 2.24) is 0 Å². The van der Waals surface area contributed by atoms with Crippen molar-refractivity contribution in [2.75, 3.05) is 13.2 Å². The van der Waals surface area contributed by atoms with E-state index >= 15 is 0 Å². The maximum absolute atomic E-state index is 11.9. The fraction of sp³-hybridized carbons (Fsp3) is 0.579. The number of esters is 2. The van der Waals surface area contributed by atoms with Crippen LogP contribution < -0.4 is 0 Å². The van der Waals surface area contributed by atoms with Crippen molar-refractivity contribution in [1.29, 1.82) is 0 Å². The Balaban J connectivity index is 0.000000379. The van der Waals surface area contributed by atoms with E-state index in [-0.39, 0.29) is 11.9 Å². The molecule has 0 N–H and O–H groups in total. The Kier molecular flexibility index (Phi) is 9.03. The maximum Gasteiger partial charge on any atom is 0.338 e. The van der Waals surface area contributed by atoms with Crippen molar-refractivity contribution in [3.8, 4) is 0 Å². The van der Waals surface area contributed by atoms with Crippen LogP contribution in [-0.2, 0) is 14.3 Å². The number of ether oxygens (including phenoxy) is 2. The molecule has 4 nitrogen and oxygen atoms in total. The van der Waals surface area contributed by atoms with Gasteiger partial charge < -0.3 is 9.47 Å². The van der Waals surface area contributed by atoms with Crippen molar-refractivity contribution >= 4 is 11.9 Å². The molecule has 23 heavy (non-hydrogen) atoms. The molecule has 1 aromatic carbocycles. The smallest absolute Gasteiger partial charge is 0.338 e. The van der Waals surface area contributed by atoms with Gasteiger partial charge in [0, 0.05) is 6.92 Å². The van der Waals surface area contributed by atoms with Crippen LogP contribution in [0.15, 0.2) is 24.3 Å². The molecule has 0 amide bonds. The summed E-state index contributed by atoms with van der Waals surface area (Å²) in [6, 6.07) is 7.91. The Morgan fingerprint density at radius 3 is 2.13 bits per heavy atom. The molecule has 0 heterocycles. The molecule has 2 rings (SSSR count). The lowest BCUT2D eigenvalue weighted by Gasteiger charge is -2.23. The number of carbonyl (C=O) groups excluding carboxylic acids is 2. The van der Waals surface area contributed by atoms with E-state index in [0.29, 0.717) is 19.1 Å². The van der Waals surface area contributed by atoms with Crippen LogP contribution in [0, 0.1) is 0 Å². The number of rotatable bonds is 4. The lowest BCUT2D eigenvalue weighted by Crippen LogP contribution is -2.12. The third-order valence-electron chi connectivity index (χ3n) is 3.85. The third kappa shape index (κ3) is 6.85. The minimum atomic E-state index is -0.211. The lowest BCUT2D eigenvalue weighted by atomic mass is 9.82. The normalized spacial score (nSPS) is 14.4. The van der Waals surface area contributed by atoms with Gasteiger partial charge in [-0.2, -0.15) is 0 Å². The zero-order valence-corrected chi connectivity index (χ0v) is 14.5. The second-order valence-electron chi connectivity index (χ2n) is 5.57. The Hall–Kier alpha value is -1.84. The van der Waals surface area contributed by atoms with E-state index in [1.807, 2.05) is 25.1 Å². The zero-order valence-electron chi connectivity index (χ0n) is 14.5. The molecule has 0 unspecified atom stereocenters. The summed E-state index contributed by atoms with van der Waals surface area (Å²) >= 11 is 0. The molecule has 0 aliphatic heterocycles. The Morgan fingerprint density at radius 1 is 1.00 bits per heavy atom. The first-order chi connectivity index (χ1) is 11.1. The Morgan fingerprint density at radius 2 is 1.61 bits per heavy atom. The van der Waals surface area contributed by atoms with E-state index in [1.54, 1.807) is 6.92 Å². The second-order valence-corrected chi connectivity index (χ2v) is 5.57. The topological polar surface area (TPSA) is 52.6 Å². The number of benzene rings is 1. The highest BCUT2D eigenvalue weighted by atomic mass is 16.5. The number of hydrogen-bond donors (Lipinski definition) is 0. The molecule has 0 aromatic heterocycles. The second kappa shape index (κ2) is 10.8. The summed E-state index contributed by atoms with van der Waals surface area (Å²) in [6.45, 7) is 5.94. The van der Waals surface area contributed by atoms with Crippen LogP contribution in [0.2, 0.25) is 0 Å². The van der Waals surface area contributed by atoms with Gasteiger partial charge in [-0.1, -0.05) is 37.5 Å². The van der Waals surface area contributed by atoms with E-state index in [9.17, 15) is 9.59 Å². The highest BCUT2D eigenvalue weighted by Gasteiger charge is 2.21. The summed E-state index contributed by atoms with van der Waals surface area (Å²) < 4.78 is 9.52. The molecule has 0 bridgehead atoms. The molecule has 4 heteroatoms. The van der Waals surface area contributed by atoms with Gasteiger partial charge in [0.2, 0.25) is 0 Å². The zero-order chi connectivity index (χ0) is 17.1. The van der Waals surface area contributed by atoms with Gasteiger partial charge in [0.05, 0.1) is 18.8 Å². The van der Waals surface area contributed by atoms with E-state index in [0.717, 1.165) is 5.56 Å². The van der Waals surface area contributed by atoms with Crippen molar-refractivity contribution in [3.63, 3.8) is 0 Å². The van der Waals surface area contributed by atoms with Gasteiger partial charge in [0.15, 0.2) is 0 Å². The molecule has 0 spiro atoms. The van der Waals surface area contributed by atoms with Gasteiger partial charge in [-0.05, 0) is 44.2 Å². The number of hydrogen-bond acceptors (Lipinski definition) is 4. The van der Waals surface area contributed by atoms with Gasteiger partial charge in [-0.15, -0.1) is 0 Å². The summed E-state index contributed by atoms with van der Waals surface area (Å²) in [5.41, 5.74) is 1.95. The monoisotopic (exact) mass is 320 g/mol. The summed E-state index contributed by atoms with van der Waals surface area (Å²) in [5, 5.41) is 0. The Bertz CT molecular complexity index is 490. The maximum atomic E-state index is 11.9. The molecular formula is C19H28O4. The molecule has 1 aliphatic carbocycles.